The number of anilines is 1. The van der Waals surface area contributed by atoms with Crippen molar-refractivity contribution in [2.24, 2.45) is 0 Å². The van der Waals surface area contributed by atoms with Gasteiger partial charge in [0.1, 0.15) is 0 Å². The number of halogens is 3. The van der Waals surface area contributed by atoms with Gasteiger partial charge in [-0.25, -0.2) is 0 Å². The second-order valence-electron chi connectivity index (χ2n) is 5.51. The van der Waals surface area contributed by atoms with Crippen LogP contribution in [0.5, 0.6) is 0 Å². The molecule has 0 saturated heterocycles. The van der Waals surface area contributed by atoms with Crippen LogP contribution < -0.4 is 5.32 Å². The van der Waals surface area contributed by atoms with E-state index < -0.39 is 11.7 Å². The Balaban J connectivity index is 1.46. The summed E-state index contributed by atoms with van der Waals surface area (Å²) in [6, 6.07) is 14.6. The summed E-state index contributed by atoms with van der Waals surface area (Å²) in [5, 5.41) is 11.0. The van der Waals surface area contributed by atoms with Crippen LogP contribution in [0.3, 0.4) is 0 Å². The fourth-order valence-corrected chi connectivity index (χ4v) is 4.52. The van der Waals surface area contributed by atoms with Gasteiger partial charge in [0.15, 0.2) is 4.34 Å². The Labute approximate surface area is 172 Å². The molecule has 0 saturated carbocycles. The minimum atomic E-state index is -4.34. The largest absolute Gasteiger partial charge is 0.416 e. The van der Waals surface area contributed by atoms with Gasteiger partial charge in [0, 0.05) is 10.6 Å². The molecule has 3 rings (SSSR count). The molecule has 28 heavy (non-hydrogen) atoms. The quantitative estimate of drug-likeness (QED) is 0.383. The summed E-state index contributed by atoms with van der Waals surface area (Å²) >= 11 is 4.01. The summed E-state index contributed by atoms with van der Waals surface area (Å²) in [6.45, 7) is 0. The molecule has 0 atom stereocenters. The second-order valence-corrected chi connectivity index (χ2v) is 8.76. The molecule has 0 aliphatic rings. The highest BCUT2D eigenvalue weighted by Gasteiger charge is 2.29. The lowest BCUT2D eigenvalue weighted by molar-refractivity contribution is -0.137. The Hall–Kier alpha value is -2.04. The molecule has 146 valence electrons. The van der Waals surface area contributed by atoms with Crippen LogP contribution in [0.25, 0.3) is 0 Å². The Morgan fingerprint density at radius 3 is 2.39 bits per heavy atom. The zero-order valence-electron chi connectivity index (χ0n) is 14.3. The van der Waals surface area contributed by atoms with E-state index >= 15 is 0 Å². The summed E-state index contributed by atoms with van der Waals surface area (Å²) in [6.07, 6.45) is -4.34. The predicted octanol–water partition coefficient (Wildman–Crippen LogP) is 5.58. The highest BCUT2D eigenvalue weighted by Crippen LogP contribution is 2.31. The number of amides is 1. The average molecular weight is 442 g/mol. The Bertz CT molecular complexity index is 915. The molecule has 1 amide bonds. The van der Waals surface area contributed by atoms with E-state index in [4.69, 9.17) is 0 Å². The highest BCUT2D eigenvalue weighted by molar-refractivity contribution is 8.00. The van der Waals surface area contributed by atoms with Gasteiger partial charge >= 0.3 is 6.18 Å². The Morgan fingerprint density at radius 2 is 1.71 bits per heavy atom. The Morgan fingerprint density at radius 1 is 1.00 bits per heavy atom. The number of hydrogen-bond acceptors (Lipinski definition) is 6. The molecule has 0 spiro atoms. The van der Waals surface area contributed by atoms with Gasteiger partial charge in [-0.3, -0.25) is 10.1 Å². The molecule has 0 aliphatic carbocycles. The van der Waals surface area contributed by atoms with Gasteiger partial charge in [-0.2, -0.15) is 13.2 Å². The number of nitrogens with zero attached hydrogens (tertiary/aromatic N) is 2. The smallest absolute Gasteiger partial charge is 0.300 e. The Kier molecular flexibility index (Phi) is 6.97. The first-order valence-corrected chi connectivity index (χ1v) is 10.8. The number of carbonyl (C=O) groups excluding carboxylic acids is 1. The van der Waals surface area contributed by atoms with Crippen LogP contribution in [0.2, 0.25) is 0 Å². The molecular weight excluding hydrogens is 427 g/mol. The first-order chi connectivity index (χ1) is 13.4. The summed E-state index contributed by atoms with van der Waals surface area (Å²) in [5.41, 5.74) is 0.0774. The number of thioether (sulfide) groups is 2. The lowest BCUT2D eigenvalue weighted by atomic mass is 10.1. The molecule has 0 aliphatic heterocycles. The lowest BCUT2D eigenvalue weighted by Crippen LogP contribution is -2.13. The van der Waals surface area contributed by atoms with Crippen LogP contribution >= 0.6 is 34.9 Å². The zero-order valence-corrected chi connectivity index (χ0v) is 16.7. The SMILES string of the molecule is O=C(CSc1ccccc1)Nc1nnc(SCc2ccc(C(F)(F)F)cc2)s1. The van der Waals surface area contributed by atoms with Crippen LogP contribution in [-0.2, 0) is 16.7 Å². The third kappa shape index (κ3) is 6.25. The van der Waals surface area contributed by atoms with Crippen LogP contribution in [0.4, 0.5) is 18.3 Å². The predicted molar refractivity (Wildman–Crippen MR) is 107 cm³/mol. The molecule has 4 nitrogen and oxygen atoms in total. The van der Waals surface area contributed by atoms with E-state index in [1.54, 1.807) is 0 Å². The van der Waals surface area contributed by atoms with Gasteiger partial charge in [0.05, 0.1) is 11.3 Å². The van der Waals surface area contributed by atoms with E-state index in [0.29, 0.717) is 15.2 Å². The van der Waals surface area contributed by atoms with Crippen LogP contribution in [0.1, 0.15) is 11.1 Å². The van der Waals surface area contributed by atoms with Gasteiger partial charge in [-0.05, 0) is 29.8 Å². The van der Waals surface area contributed by atoms with Crippen molar-refractivity contribution in [2.45, 2.75) is 21.2 Å². The van der Waals surface area contributed by atoms with Gasteiger partial charge in [-0.1, -0.05) is 53.4 Å². The van der Waals surface area contributed by atoms with Crippen molar-refractivity contribution in [3.05, 3.63) is 65.7 Å². The molecule has 3 aromatic rings. The molecule has 0 bridgehead atoms. The number of hydrogen-bond donors (Lipinski definition) is 1. The zero-order chi connectivity index (χ0) is 20.0. The van der Waals surface area contributed by atoms with E-state index in [1.165, 1.54) is 47.0 Å². The minimum absolute atomic E-state index is 0.177. The maximum absolute atomic E-state index is 12.6. The van der Waals surface area contributed by atoms with Crippen LogP contribution in [-0.4, -0.2) is 21.9 Å². The lowest BCUT2D eigenvalue weighted by Gasteiger charge is -2.06. The normalized spacial score (nSPS) is 11.4. The van der Waals surface area contributed by atoms with E-state index in [-0.39, 0.29) is 11.7 Å². The molecule has 2 aromatic carbocycles. The fraction of sp³-hybridized carbons (Fsp3) is 0.167. The van der Waals surface area contributed by atoms with E-state index in [2.05, 4.69) is 15.5 Å². The summed E-state index contributed by atoms with van der Waals surface area (Å²) < 4.78 is 38.3. The van der Waals surface area contributed by atoms with Gasteiger partial charge in [0.25, 0.3) is 0 Å². The van der Waals surface area contributed by atoms with Crippen molar-refractivity contribution < 1.29 is 18.0 Å². The molecule has 0 radical (unpaired) electrons. The summed E-state index contributed by atoms with van der Waals surface area (Å²) in [7, 11) is 0. The van der Waals surface area contributed by atoms with Crippen molar-refractivity contribution in [1.82, 2.24) is 10.2 Å². The van der Waals surface area contributed by atoms with Gasteiger partial charge < -0.3 is 0 Å². The molecule has 10 heteroatoms. The molecule has 0 unspecified atom stereocenters. The average Bonchev–Trinajstić information content (AvgIpc) is 3.12. The number of rotatable bonds is 7. The molecular formula is C18H14F3N3OS3. The van der Waals surface area contributed by atoms with Gasteiger partial charge in [0.2, 0.25) is 11.0 Å². The monoisotopic (exact) mass is 441 g/mol. The molecule has 1 heterocycles. The van der Waals surface area contributed by atoms with Crippen molar-refractivity contribution in [2.75, 3.05) is 11.1 Å². The minimum Gasteiger partial charge on any atom is -0.300 e. The van der Waals surface area contributed by atoms with Crippen molar-refractivity contribution in [3.63, 3.8) is 0 Å². The first kappa shape index (κ1) is 20.7. The molecule has 0 fully saturated rings. The number of carbonyl (C=O) groups is 1. The number of nitrogens with one attached hydrogen (secondary N) is 1. The second kappa shape index (κ2) is 9.44. The maximum Gasteiger partial charge on any atom is 0.416 e. The van der Waals surface area contributed by atoms with E-state index in [0.717, 1.165) is 22.6 Å². The number of benzene rings is 2. The summed E-state index contributed by atoms with van der Waals surface area (Å²) in [4.78, 5) is 13.0. The van der Waals surface area contributed by atoms with Crippen molar-refractivity contribution in [3.8, 4) is 0 Å². The van der Waals surface area contributed by atoms with Gasteiger partial charge in [-0.15, -0.1) is 22.0 Å². The van der Waals surface area contributed by atoms with Crippen LogP contribution in [0.15, 0.2) is 63.8 Å². The van der Waals surface area contributed by atoms with E-state index in [9.17, 15) is 18.0 Å². The van der Waals surface area contributed by atoms with E-state index in [1.807, 2.05) is 30.3 Å². The number of alkyl halides is 3. The third-order valence-corrected chi connectivity index (χ3v) is 6.46. The van der Waals surface area contributed by atoms with Crippen molar-refractivity contribution >= 4 is 45.9 Å². The molecule has 1 aromatic heterocycles. The third-order valence-electron chi connectivity index (χ3n) is 3.41. The topological polar surface area (TPSA) is 54.9 Å². The summed E-state index contributed by atoms with van der Waals surface area (Å²) in [5.74, 6) is 0.548. The maximum atomic E-state index is 12.6. The highest BCUT2D eigenvalue weighted by atomic mass is 32.2. The van der Waals surface area contributed by atoms with Crippen LogP contribution in [0, 0.1) is 0 Å². The standard InChI is InChI=1S/C18H14F3N3OS3/c19-18(20,21)13-8-6-12(7-9-13)10-27-17-24-23-16(28-17)22-15(25)11-26-14-4-2-1-3-5-14/h1-9H,10-11H2,(H,22,23,25). The molecule has 1 N–H and O–H groups in total. The van der Waals surface area contributed by atoms with Crippen molar-refractivity contribution in [1.29, 1.82) is 0 Å². The number of aromatic nitrogens is 2. The first-order valence-electron chi connectivity index (χ1n) is 8.00. The fourth-order valence-electron chi connectivity index (χ4n) is 2.07.